The molecule has 4 nitrogen and oxygen atoms in total. The number of benzene rings is 1. The lowest BCUT2D eigenvalue weighted by Gasteiger charge is -2.17. The van der Waals surface area contributed by atoms with Crippen LogP contribution >= 0.6 is 0 Å². The molecule has 0 fully saturated rings. The fourth-order valence-electron chi connectivity index (χ4n) is 1.55. The summed E-state index contributed by atoms with van der Waals surface area (Å²) in [6, 6.07) is 4.46. The molecule has 19 heavy (non-hydrogen) atoms. The van der Waals surface area contributed by atoms with E-state index in [-0.39, 0.29) is 12.4 Å². The Hall–Kier alpha value is -1.72. The van der Waals surface area contributed by atoms with Crippen LogP contribution in [0.4, 0.5) is 4.39 Å². The highest BCUT2D eigenvalue weighted by Crippen LogP contribution is 2.16. The number of nitrogens with two attached hydrogens (primary N) is 1. The number of nitrogens with one attached hydrogen (secondary N) is 2. The molecule has 0 saturated heterocycles. The third-order valence-electron chi connectivity index (χ3n) is 2.47. The lowest BCUT2D eigenvalue weighted by Crippen LogP contribution is -2.32. The van der Waals surface area contributed by atoms with Crippen LogP contribution in [0.15, 0.2) is 24.4 Å². The zero-order valence-corrected chi connectivity index (χ0v) is 11.2. The van der Waals surface area contributed by atoms with E-state index in [1.165, 1.54) is 12.1 Å². The molecule has 104 valence electrons. The maximum Gasteiger partial charge on any atom is 0.124 e. The molecular formula is C14H20FN3O. The molecule has 0 aliphatic heterocycles. The molecule has 0 amide bonds. The van der Waals surface area contributed by atoms with E-state index in [1.807, 2.05) is 0 Å². The van der Waals surface area contributed by atoms with Gasteiger partial charge in [-0.05, 0) is 43.2 Å². The van der Waals surface area contributed by atoms with Gasteiger partial charge < -0.3 is 21.6 Å². The smallest absolute Gasteiger partial charge is 0.124 e. The van der Waals surface area contributed by atoms with Gasteiger partial charge in [0, 0.05) is 31.1 Å². The SMILES string of the molecule is CC(C)(O)CN/C=C(\C=N)c1cc(F)cc(CN)c1. The average molecular weight is 265 g/mol. The molecule has 0 radical (unpaired) electrons. The molecule has 5 heteroatoms. The maximum absolute atomic E-state index is 13.4. The lowest BCUT2D eigenvalue weighted by atomic mass is 10.0. The first kappa shape index (κ1) is 15.3. The monoisotopic (exact) mass is 265 g/mol. The maximum atomic E-state index is 13.4. The van der Waals surface area contributed by atoms with Crippen LogP contribution in [0.1, 0.15) is 25.0 Å². The summed E-state index contributed by atoms with van der Waals surface area (Å²) in [4.78, 5) is 0. The van der Waals surface area contributed by atoms with Gasteiger partial charge in [-0.1, -0.05) is 0 Å². The van der Waals surface area contributed by atoms with Crippen molar-refractivity contribution in [3.63, 3.8) is 0 Å². The number of halogens is 1. The Morgan fingerprint density at radius 2 is 2.16 bits per heavy atom. The van der Waals surface area contributed by atoms with Crippen molar-refractivity contribution < 1.29 is 9.50 Å². The molecule has 1 aromatic rings. The molecule has 0 bridgehead atoms. The Labute approximate surface area is 112 Å². The van der Waals surface area contributed by atoms with Gasteiger partial charge in [0.15, 0.2) is 0 Å². The van der Waals surface area contributed by atoms with E-state index in [1.54, 1.807) is 26.1 Å². The van der Waals surface area contributed by atoms with Crippen molar-refractivity contribution in [3.8, 4) is 0 Å². The lowest BCUT2D eigenvalue weighted by molar-refractivity contribution is 0.0836. The highest BCUT2D eigenvalue weighted by molar-refractivity contribution is 6.08. The number of allylic oxidation sites excluding steroid dienone is 1. The van der Waals surface area contributed by atoms with Crippen molar-refractivity contribution in [2.24, 2.45) is 5.73 Å². The van der Waals surface area contributed by atoms with E-state index in [4.69, 9.17) is 11.1 Å². The zero-order valence-electron chi connectivity index (χ0n) is 11.2. The van der Waals surface area contributed by atoms with E-state index in [0.29, 0.717) is 23.2 Å². The molecule has 0 aliphatic rings. The van der Waals surface area contributed by atoms with Crippen LogP contribution in [0.2, 0.25) is 0 Å². The minimum atomic E-state index is -0.853. The molecule has 1 rings (SSSR count). The van der Waals surface area contributed by atoms with Crippen LogP contribution in [0.5, 0.6) is 0 Å². The molecule has 0 spiro atoms. The van der Waals surface area contributed by atoms with Crippen LogP contribution in [-0.4, -0.2) is 23.5 Å². The van der Waals surface area contributed by atoms with Crippen LogP contribution < -0.4 is 11.1 Å². The van der Waals surface area contributed by atoms with Gasteiger partial charge >= 0.3 is 0 Å². The Morgan fingerprint density at radius 3 is 2.68 bits per heavy atom. The van der Waals surface area contributed by atoms with Gasteiger partial charge in [-0.15, -0.1) is 0 Å². The second kappa shape index (κ2) is 6.45. The molecule has 0 heterocycles. The molecule has 0 aromatic heterocycles. The van der Waals surface area contributed by atoms with Gasteiger partial charge in [-0.3, -0.25) is 0 Å². The Bertz CT molecular complexity index is 478. The van der Waals surface area contributed by atoms with Gasteiger partial charge in [0.05, 0.1) is 5.60 Å². The minimum Gasteiger partial charge on any atom is -0.389 e. The summed E-state index contributed by atoms with van der Waals surface area (Å²) in [5, 5.41) is 19.9. The first-order chi connectivity index (χ1) is 8.85. The van der Waals surface area contributed by atoms with Crippen molar-refractivity contribution in [1.29, 1.82) is 5.41 Å². The van der Waals surface area contributed by atoms with Gasteiger partial charge in [-0.2, -0.15) is 0 Å². The molecule has 0 saturated carbocycles. The van der Waals surface area contributed by atoms with E-state index < -0.39 is 5.60 Å². The Kier molecular flexibility index (Phi) is 5.20. The average Bonchev–Trinajstić information content (AvgIpc) is 2.32. The number of hydrogen-bond donors (Lipinski definition) is 4. The molecule has 0 unspecified atom stereocenters. The van der Waals surface area contributed by atoms with E-state index >= 15 is 0 Å². The number of aliphatic hydroxyl groups is 1. The van der Waals surface area contributed by atoms with Crippen molar-refractivity contribution in [2.45, 2.75) is 26.0 Å². The van der Waals surface area contributed by atoms with Crippen LogP contribution in [0, 0.1) is 11.2 Å². The summed E-state index contributed by atoms with van der Waals surface area (Å²) in [5.74, 6) is -0.381. The van der Waals surface area contributed by atoms with Crippen molar-refractivity contribution in [3.05, 3.63) is 41.3 Å². The summed E-state index contributed by atoms with van der Waals surface area (Å²) in [6.45, 7) is 3.93. The van der Waals surface area contributed by atoms with Crippen LogP contribution in [0.25, 0.3) is 5.57 Å². The zero-order chi connectivity index (χ0) is 14.5. The summed E-state index contributed by atoms with van der Waals surface area (Å²) >= 11 is 0. The summed E-state index contributed by atoms with van der Waals surface area (Å²) in [7, 11) is 0. The molecule has 5 N–H and O–H groups in total. The van der Waals surface area contributed by atoms with Crippen molar-refractivity contribution in [2.75, 3.05) is 6.54 Å². The minimum absolute atomic E-state index is 0.243. The van der Waals surface area contributed by atoms with Gasteiger partial charge in [0.2, 0.25) is 0 Å². The number of rotatable bonds is 6. The molecule has 1 aromatic carbocycles. The molecule has 0 aliphatic carbocycles. The van der Waals surface area contributed by atoms with Gasteiger partial charge in [0.25, 0.3) is 0 Å². The molecular weight excluding hydrogens is 245 g/mol. The third kappa shape index (κ3) is 5.19. The standard InChI is InChI=1S/C14H20FN3O/c1-14(2,19)9-18-8-12(7-17)11-3-10(6-16)4-13(15)5-11/h3-5,7-8,17-19H,6,9,16H2,1-2H3/b12-8+,17-7?. The normalized spacial score (nSPS) is 12.4. The predicted molar refractivity (Wildman–Crippen MR) is 75.4 cm³/mol. The fourth-order valence-corrected chi connectivity index (χ4v) is 1.55. The largest absolute Gasteiger partial charge is 0.389 e. The predicted octanol–water partition coefficient (Wildman–Crippen LogP) is 1.64. The third-order valence-corrected chi connectivity index (χ3v) is 2.47. The van der Waals surface area contributed by atoms with E-state index in [2.05, 4.69) is 5.32 Å². The van der Waals surface area contributed by atoms with Crippen molar-refractivity contribution >= 4 is 11.8 Å². The van der Waals surface area contributed by atoms with Gasteiger partial charge in [-0.25, -0.2) is 4.39 Å². The number of hydrogen-bond acceptors (Lipinski definition) is 4. The fraction of sp³-hybridized carbons (Fsp3) is 0.357. The second-order valence-electron chi connectivity index (χ2n) is 4.99. The van der Waals surface area contributed by atoms with E-state index in [9.17, 15) is 9.50 Å². The first-order valence-corrected chi connectivity index (χ1v) is 6.02. The van der Waals surface area contributed by atoms with E-state index in [0.717, 1.165) is 6.21 Å². The summed E-state index contributed by atoms with van der Waals surface area (Å²) < 4.78 is 13.4. The molecule has 0 atom stereocenters. The Morgan fingerprint density at radius 1 is 1.47 bits per heavy atom. The highest BCUT2D eigenvalue weighted by atomic mass is 19.1. The highest BCUT2D eigenvalue weighted by Gasteiger charge is 2.10. The first-order valence-electron chi connectivity index (χ1n) is 6.02. The van der Waals surface area contributed by atoms with Gasteiger partial charge in [0.1, 0.15) is 5.82 Å². The second-order valence-corrected chi connectivity index (χ2v) is 4.99. The summed E-state index contributed by atoms with van der Waals surface area (Å²) in [6.07, 6.45) is 2.71. The van der Waals surface area contributed by atoms with Crippen molar-refractivity contribution in [1.82, 2.24) is 5.32 Å². The van der Waals surface area contributed by atoms with Crippen LogP contribution in [0.3, 0.4) is 0 Å². The Balaban J connectivity index is 2.93. The topological polar surface area (TPSA) is 82.1 Å². The summed E-state index contributed by atoms with van der Waals surface area (Å²) in [5.41, 5.74) is 6.42. The van der Waals surface area contributed by atoms with Crippen LogP contribution in [-0.2, 0) is 6.54 Å². The quantitative estimate of drug-likeness (QED) is 0.590.